The first-order valence-electron chi connectivity index (χ1n) is 12.4. The number of ether oxygens (including phenoxy) is 3. The molecule has 4 aromatic rings. The standard InChI is InChI=1S/C29H27FN4O5/c1-15-11-17(5-8-33-15)24-20-12-18(14-31)22(32)13-21(20)28(34-26(24)16-6-9-38-10-7-16)39-23-4-3-19(29(35)36)27(37-2)25(23)30/h3-5,8,11-14,16,31H,6-7,9-10,32H2,1-2H3,(H,35,36). The van der Waals surface area contributed by atoms with E-state index in [0.29, 0.717) is 29.9 Å². The number of aromatic nitrogens is 2. The van der Waals surface area contributed by atoms with E-state index in [4.69, 9.17) is 30.3 Å². The van der Waals surface area contributed by atoms with Gasteiger partial charge in [0.2, 0.25) is 11.7 Å². The summed E-state index contributed by atoms with van der Waals surface area (Å²) in [7, 11) is 1.19. The number of carboxylic acid groups (broad SMARTS) is 1. The first-order chi connectivity index (χ1) is 18.8. The first kappa shape index (κ1) is 26.1. The third-order valence-corrected chi connectivity index (χ3v) is 6.85. The highest BCUT2D eigenvalue weighted by atomic mass is 19.1. The molecule has 0 radical (unpaired) electrons. The van der Waals surface area contributed by atoms with Crippen LogP contribution < -0.4 is 15.2 Å². The number of hydrogen-bond donors (Lipinski definition) is 3. The van der Waals surface area contributed by atoms with Gasteiger partial charge in [-0.1, -0.05) is 0 Å². The Morgan fingerprint density at radius 2 is 1.97 bits per heavy atom. The summed E-state index contributed by atoms with van der Waals surface area (Å²) in [6.45, 7) is 3.05. The first-order valence-corrected chi connectivity index (χ1v) is 12.4. The van der Waals surface area contributed by atoms with E-state index in [0.717, 1.165) is 40.7 Å². The summed E-state index contributed by atoms with van der Waals surface area (Å²) in [6, 6.07) is 9.79. The fourth-order valence-electron chi connectivity index (χ4n) is 4.94. The van der Waals surface area contributed by atoms with Gasteiger partial charge < -0.3 is 30.5 Å². The van der Waals surface area contributed by atoms with Gasteiger partial charge in [0.15, 0.2) is 11.5 Å². The quantitative estimate of drug-likeness (QED) is 0.204. The number of rotatable bonds is 7. The molecule has 2 aromatic heterocycles. The number of nitrogens with zero attached hydrogens (tertiary/aromatic N) is 2. The van der Waals surface area contributed by atoms with Gasteiger partial charge in [0.1, 0.15) is 5.56 Å². The van der Waals surface area contributed by atoms with Gasteiger partial charge in [0, 0.05) is 59.4 Å². The molecule has 0 spiro atoms. The average Bonchev–Trinajstić information content (AvgIpc) is 2.93. The monoisotopic (exact) mass is 530 g/mol. The predicted molar refractivity (Wildman–Crippen MR) is 145 cm³/mol. The molecule has 10 heteroatoms. The Morgan fingerprint density at radius 3 is 2.64 bits per heavy atom. The van der Waals surface area contributed by atoms with Crippen molar-refractivity contribution in [3.63, 3.8) is 0 Å². The Bertz CT molecular complexity index is 1600. The Labute approximate surface area is 223 Å². The molecule has 5 rings (SSSR count). The topological polar surface area (TPSA) is 141 Å². The Hall–Kier alpha value is -4.57. The predicted octanol–water partition coefficient (Wildman–Crippen LogP) is 5.72. The Balaban J connectivity index is 1.80. The lowest BCUT2D eigenvalue weighted by Gasteiger charge is -2.26. The number of hydrogen-bond acceptors (Lipinski definition) is 8. The van der Waals surface area contributed by atoms with Crippen LogP contribution >= 0.6 is 0 Å². The van der Waals surface area contributed by atoms with Gasteiger partial charge in [-0.2, -0.15) is 4.39 Å². The minimum absolute atomic E-state index is 0.0312. The van der Waals surface area contributed by atoms with Crippen molar-refractivity contribution in [2.24, 2.45) is 0 Å². The lowest BCUT2D eigenvalue weighted by atomic mass is 9.87. The fourth-order valence-corrected chi connectivity index (χ4v) is 4.94. The molecule has 0 saturated carbocycles. The van der Waals surface area contributed by atoms with E-state index in [1.807, 2.05) is 25.1 Å². The maximum absolute atomic E-state index is 15.4. The molecule has 1 fully saturated rings. The van der Waals surface area contributed by atoms with Crippen LogP contribution in [0.15, 0.2) is 42.6 Å². The second kappa shape index (κ2) is 10.7. The number of nitrogens with one attached hydrogen (secondary N) is 1. The van der Waals surface area contributed by atoms with Gasteiger partial charge in [-0.05, 0) is 67.1 Å². The highest BCUT2D eigenvalue weighted by Gasteiger charge is 2.27. The van der Waals surface area contributed by atoms with Gasteiger partial charge in [-0.25, -0.2) is 9.78 Å². The van der Waals surface area contributed by atoms with E-state index in [1.165, 1.54) is 25.5 Å². The van der Waals surface area contributed by atoms with Crippen LogP contribution in [-0.2, 0) is 4.74 Å². The van der Waals surface area contributed by atoms with Crippen LogP contribution in [0.25, 0.3) is 21.9 Å². The van der Waals surface area contributed by atoms with Crippen molar-refractivity contribution in [1.29, 1.82) is 5.41 Å². The summed E-state index contributed by atoms with van der Waals surface area (Å²) < 4.78 is 32.1. The lowest BCUT2D eigenvalue weighted by molar-refractivity contribution is 0.0692. The average molecular weight is 531 g/mol. The minimum Gasteiger partial charge on any atom is -0.493 e. The molecular weight excluding hydrogens is 503 g/mol. The van der Waals surface area contributed by atoms with Crippen molar-refractivity contribution < 1.29 is 28.5 Å². The fraction of sp³-hybridized carbons (Fsp3) is 0.241. The van der Waals surface area contributed by atoms with Crippen molar-refractivity contribution in [3.8, 4) is 28.5 Å². The van der Waals surface area contributed by atoms with Crippen LogP contribution in [0.2, 0.25) is 0 Å². The van der Waals surface area contributed by atoms with Crippen molar-refractivity contribution in [1.82, 2.24) is 9.97 Å². The number of pyridine rings is 2. The third-order valence-electron chi connectivity index (χ3n) is 6.85. The SMILES string of the molecule is COc1c(C(=O)O)ccc(Oc2nc(C3CCOCC3)c(-c3ccnc(C)c3)c3cc(C=N)c(N)cc23)c1F. The number of halogens is 1. The number of benzene rings is 2. The second-order valence-corrected chi connectivity index (χ2v) is 9.29. The lowest BCUT2D eigenvalue weighted by Crippen LogP contribution is -2.16. The van der Waals surface area contributed by atoms with Crippen molar-refractivity contribution >= 4 is 28.6 Å². The van der Waals surface area contributed by atoms with Gasteiger partial charge in [0.25, 0.3) is 0 Å². The zero-order chi connectivity index (χ0) is 27.7. The van der Waals surface area contributed by atoms with Crippen LogP contribution in [-0.4, -0.2) is 47.6 Å². The van der Waals surface area contributed by atoms with Gasteiger partial charge in [0.05, 0.1) is 12.8 Å². The van der Waals surface area contributed by atoms with E-state index >= 15 is 4.39 Å². The number of fused-ring (bicyclic) bond motifs is 1. The van der Waals surface area contributed by atoms with E-state index < -0.39 is 17.5 Å². The molecule has 0 aliphatic carbocycles. The molecule has 1 aliphatic rings. The molecule has 3 heterocycles. The number of aromatic carboxylic acids is 1. The maximum Gasteiger partial charge on any atom is 0.339 e. The molecular formula is C29H27FN4O5. The molecule has 200 valence electrons. The Morgan fingerprint density at radius 1 is 1.21 bits per heavy atom. The van der Waals surface area contributed by atoms with Gasteiger partial charge in [-0.15, -0.1) is 0 Å². The molecule has 0 unspecified atom stereocenters. The van der Waals surface area contributed by atoms with E-state index in [2.05, 4.69) is 4.98 Å². The number of carboxylic acids is 1. The second-order valence-electron chi connectivity index (χ2n) is 9.29. The molecule has 0 bridgehead atoms. The summed E-state index contributed by atoms with van der Waals surface area (Å²) in [5.74, 6) is -2.84. The van der Waals surface area contributed by atoms with Crippen LogP contribution in [0.1, 0.15) is 46.1 Å². The number of methoxy groups -OCH3 is 1. The largest absolute Gasteiger partial charge is 0.493 e. The molecule has 1 aliphatic heterocycles. The van der Waals surface area contributed by atoms with Gasteiger partial charge >= 0.3 is 5.97 Å². The van der Waals surface area contributed by atoms with Crippen molar-refractivity contribution in [3.05, 3.63) is 70.9 Å². The molecule has 4 N–H and O–H groups in total. The number of anilines is 1. The molecule has 2 aromatic carbocycles. The summed E-state index contributed by atoms with van der Waals surface area (Å²) in [6.07, 6.45) is 4.38. The highest BCUT2D eigenvalue weighted by Crippen LogP contribution is 2.44. The summed E-state index contributed by atoms with van der Waals surface area (Å²) in [5.41, 5.74) is 10.1. The summed E-state index contributed by atoms with van der Waals surface area (Å²) >= 11 is 0. The summed E-state index contributed by atoms with van der Waals surface area (Å²) in [5, 5.41) is 18.5. The van der Waals surface area contributed by atoms with E-state index in [1.54, 1.807) is 12.3 Å². The van der Waals surface area contributed by atoms with Crippen molar-refractivity contribution in [2.45, 2.75) is 25.7 Å². The zero-order valence-electron chi connectivity index (χ0n) is 21.5. The van der Waals surface area contributed by atoms with E-state index in [9.17, 15) is 9.90 Å². The van der Waals surface area contributed by atoms with Crippen LogP contribution in [0.3, 0.4) is 0 Å². The maximum atomic E-state index is 15.4. The molecule has 9 nitrogen and oxygen atoms in total. The van der Waals surface area contributed by atoms with Crippen molar-refractivity contribution in [2.75, 3.05) is 26.1 Å². The molecule has 0 atom stereocenters. The highest BCUT2D eigenvalue weighted by molar-refractivity contribution is 6.05. The Kier molecular flexibility index (Phi) is 7.12. The van der Waals surface area contributed by atoms with Gasteiger partial charge in [-0.3, -0.25) is 4.98 Å². The van der Waals surface area contributed by atoms with Crippen LogP contribution in [0.5, 0.6) is 17.4 Å². The summed E-state index contributed by atoms with van der Waals surface area (Å²) in [4.78, 5) is 20.8. The molecule has 0 amide bonds. The minimum atomic E-state index is -1.33. The number of nitrogen functional groups attached to an aromatic ring is 1. The van der Waals surface area contributed by atoms with Crippen LogP contribution in [0, 0.1) is 18.2 Å². The smallest absolute Gasteiger partial charge is 0.339 e. The normalized spacial score (nSPS) is 13.8. The number of carbonyl (C=O) groups is 1. The third kappa shape index (κ3) is 4.86. The number of nitrogens with two attached hydrogens (primary N) is 1. The zero-order valence-corrected chi connectivity index (χ0v) is 21.5. The van der Waals surface area contributed by atoms with Crippen LogP contribution in [0.4, 0.5) is 10.1 Å². The number of aryl methyl sites for hydroxylation is 1. The molecule has 1 saturated heterocycles. The molecule has 39 heavy (non-hydrogen) atoms. The van der Waals surface area contributed by atoms with E-state index in [-0.39, 0.29) is 23.1 Å².